The van der Waals surface area contributed by atoms with Gasteiger partial charge in [-0.2, -0.15) is 0 Å². The molecule has 0 unspecified atom stereocenters. The summed E-state index contributed by atoms with van der Waals surface area (Å²) in [6, 6.07) is 1.70. The normalized spacial score (nSPS) is 18.3. The number of nitrogens with zero attached hydrogens (tertiary/aromatic N) is 3. The van der Waals surface area contributed by atoms with Crippen LogP contribution in [0.1, 0.15) is 18.5 Å². The summed E-state index contributed by atoms with van der Waals surface area (Å²) in [5.74, 6) is 0. The summed E-state index contributed by atoms with van der Waals surface area (Å²) in [5.41, 5.74) is 1.71. The third kappa shape index (κ3) is 2.87. The molecule has 2 aromatic rings. The van der Waals surface area contributed by atoms with Crippen molar-refractivity contribution in [2.24, 2.45) is 0 Å². The Labute approximate surface area is 121 Å². The number of aliphatic hydroxyl groups excluding tert-OH is 1. The molecule has 0 aliphatic carbocycles. The minimum absolute atomic E-state index is 0.148. The highest BCUT2D eigenvalue weighted by atomic mass is 35.5. The van der Waals surface area contributed by atoms with Crippen LogP contribution in [0.2, 0.25) is 10.0 Å². The van der Waals surface area contributed by atoms with E-state index in [0.717, 1.165) is 43.8 Å². The lowest BCUT2D eigenvalue weighted by molar-refractivity contribution is 0.0787. The molecule has 0 spiro atoms. The molecule has 0 bridgehead atoms. The number of rotatable bonds is 2. The Morgan fingerprint density at radius 3 is 2.74 bits per heavy atom. The summed E-state index contributed by atoms with van der Waals surface area (Å²) in [6.45, 7) is 2.59. The topological polar surface area (TPSA) is 40.8 Å². The molecule has 3 rings (SSSR count). The van der Waals surface area contributed by atoms with Crippen molar-refractivity contribution in [2.45, 2.75) is 25.5 Å². The van der Waals surface area contributed by atoms with Gasteiger partial charge in [-0.3, -0.25) is 4.90 Å². The van der Waals surface area contributed by atoms with Gasteiger partial charge in [-0.15, -0.1) is 0 Å². The van der Waals surface area contributed by atoms with Crippen molar-refractivity contribution in [3.8, 4) is 0 Å². The number of halogens is 2. The maximum absolute atomic E-state index is 9.50. The Balaban J connectivity index is 1.80. The molecule has 1 N–H and O–H groups in total. The van der Waals surface area contributed by atoms with E-state index in [9.17, 15) is 5.11 Å². The lowest BCUT2D eigenvalue weighted by Crippen LogP contribution is -2.35. The van der Waals surface area contributed by atoms with Crippen molar-refractivity contribution in [3.63, 3.8) is 0 Å². The lowest BCUT2D eigenvalue weighted by Gasteiger charge is -2.28. The number of pyridine rings is 1. The first-order valence-corrected chi connectivity index (χ1v) is 7.10. The fourth-order valence-electron chi connectivity index (χ4n) is 2.46. The molecule has 0 saturated carbocycles. The number of hydrogen-bond acceptors (Lipinski definition) is 3. The molecule has 102 valence electrons. The number of imidazole rings is 1. The van der Waals surface area contributed by atoms with Gasteiger partial charge in [-0.05, 0) is 18.9 Å². The molecule has 4 nitrogen and oxygen atoms in total. The summed E-state index contributed by atoms with van der Waals surface area (Å²) in [4.78, 5) is 6.83. The average molecular weight is 300 g/mol. The molecule has 3 heterocycles. The van der Waals surface area contributed by atoms with Crippen molar-refractivity contribution < 1.29 is 5.11 Å². The van der Waals surface area contributed by atoms with E-state index in [4.69, 9.17) is 23.2 Å². The van der Waals surface area contributed by atoms with E-state index in [-0.39, 0.29) is 6.10 Å². The molecule has 0 radical (unpaired) electrons. The summed E-state index contributed by atoms with van der Waals surface area (Å²) in [6.07, 6.45) is 5.28. The summed E-state index contributed by atoms with van der Waals surface area (Å²) in [7, 11) is 0. The second kappa shape index (κ2) is 5.29. The zero-order chi connectivity index (χ0) is 13.4. The molecule has 1 aliphatic rings. The van der Waals surface area contributed by atoms with Crippen molar-refractivity contribution in [1.82, 2.24) is 14.3 Å². The average Bonchev–Trinajstić information content (AvgIpc) is 2.75. The molecule has 2 aromatic heterocycles. The highest BCUT2D eigenvalue weighted by molar-refractivity contribution is 6.36. The van der Waals surface area contributed by atoms with E-state index < -0.39 is 0 Å². The largest absolute Gasteiger partial charge is 0.393 e. The quantitative estimate of drug-likeness (QED) is 0.927. The van der Waals surface area contributed by atoms with Crippen LogP contribution < -0.4 is 0 Å². The maximum atomic E-state index is 9.50. The number of aromatic nitrogens is 2. The smallest absolute Gasteiger partial charge is 0.156 e. The first-order chi connectivity index (χ1) is 9.11. The zero-order valence-corrected chi connectivity index (χ0v) is 11.9. The Morgan fingerprint density at radius 2 is 2.00 bits per heavy atom. The Hall–Kier alpha value is -0.810. The van der Waals surface area contributed by atoms with Gasteiger partial charge in [-0.1, -0.05) is 23.2 Å². The van der Waals surface area contributed by atoms with Crippen LogP contribution in [0.5, 0.6) is 0 Å². The predicted molar refractivity (Wildman–Crippen MR) is 75.7 cm³/mol. The minimum Gasteiger partial charge on any atom is -0.393 e. The van der Waals surface area contributed by atoms with E-state index in [0.29, 0.717) is 10.0 Å². The lowest BCUT2D eigenvalue weighted by atomic mass is 10.1. The standard InChI is InChI=1S/C13H15Cl2N3O/c14-9-5-12(15)13-16-10(8-18(13)6-9)7-17-3-1-11(19)2-4-17/h5-6,8,11,19H,1-4,7H2. The van der Waals surface area contributed by atoms with Gasteiger partial charge in [0.1, 0.15) is 0 Å². The Bertz CT molecular complexity index is 591. The van der Waals surface area contributed by atoms with Gasteiger partial charge in [0.05, 0.1) is 21.8 Å². The molecule has 0 amide bonds. The van der Waals surface area contributed by atoms with Gasteiger partial charge >= 0.3 is 0 Å². The molecular formula is C13H15Cl2N3O. The number of piperidine rings is 1. The Morgan fingerprint density at radius 1 is 1.26 bits per heavy atom. The molecule has 1 fully saturated rings. The minimum atomic E-state index is -0.148. The van der Waals surface area contributed by atoms with Crippen LogP contribution in [0, 0.1) is 0 Å². The van der Waals surface area contributed by atoms with Crippen LogP contribution in [0.25, 0.3) is 5.65 Å². The third-order valence-corrected chi connectivity index (χ3v) is 3.95. The molecular weight excluding hydrogens is 285 g/mol. The monoisotopic (exact) mass is 299 g/mol. The van der Waals surface area contributed by atoms with Gasteiger partial charge < -0.3 is 9.51 Å². The van der Waals surface area contributed by atoms with Crippen LogP contribution in [-0.2, 0) is 6.54 Å². The zero-order valence-electron chi connectivity index (χ0n) is 10.4. The van der Waals surface area contributed by atoms with E-state index in [2.05, 4.69) is 9.88 Å². The third-order valence-electron chi connectivity index (χ3n) is 3.47. The number of likely N-dealkylation sites (tertiary alicyclic amines) is 1. The fraction of sp³-hybridized carbons (Fsp3) is 0.462. The van der Waals surface area contributed by atoms with Gasteiger partial charge in [0, 0.05) is 32.0 Å². The number of aliphatic hydroxyl groups is 1. The van der Waals surface area contributed by atoms with Gasteiger partial charge in [0.25, 0.3) is 0 Å². The van der Waals surface area contributed by atoms with E-state index in [1.165, 1.54) is 0 Å². The van der Waals surface area contributed by atoms with Crippen LogP contribution in [0.3, 0.4) is 0 Å². The SMILES string of the molecule is OC1CCN(Cc2cn3cc(Cl)cc(Cl)c3n2)CC1. The highest BCUT2D eigenvalue weighted by Crippen LogP contribution is 2.22. The maximum Gasteiger partial charge on any atom is 0.156 e. The molecule has 0 atom stereocenters. The van der Waals surface area contributed by atoms with Crippen molar-refractivity contribution in [3.05, 3.63) is 34.2 Å². The van der Waals surface area contributed by atoms with E-state index in [1.54, 1.807) is 12.3 Å². The number of hydrogen-bond donors (Lipinski definition) is 1. The van der Waals surface area contributed by atoms with Crippen LogP contribution in [-0.4, -0.2) is 38.6 Å². The van der Waals surface area contributed by atoms with Crippen molar-refractivity contribution in [1.29, 1.82) is 0 Å². The summed E-state index contributed by atoms with van der Waals surface area (Å²) in [5, 5.41) is 10.7. The predicted octanol–water partition coefficient (Wildman–Crippen LogP) is 2.60. The van der Waals surface area contributed by atoms with Gasteiger partial charge in [0.15, 0.2) is 5.65 Å². The van der Waals surface area contributed by atoms with Gasteiger partial charge in [0.2, 0.25) is 0 Å². The molecule has 1 saturated heterocycles. The number of fused-ring (bicyclic) bond motifs is 1. The van der Waals surface area contributed by atoms with Gasteiger partial charge in [-0.25, -0.2) is 4.98 Å². The van der Waals surface area contributed by atoms with Crippen molar-refractivity contribution in [2.75, 3.05) is 13.1 Å². The fourth-order valence-corrected chi connectivity index (χ4v) is 2.99. The summed E-state index contributed by atoms with van der Waals surface area (Å²) < 4.78 is 1.86. The second-order valence-corrected chi connectivity index (χ2v) is 5.82. The Kier molecular flexibility index (Phi) is 3.67. The van der Waals surface area contributed by atoms with E-state index in [1.807, 2.05) is 10.6 Å². The molecule has 0 aromatic carbocycles. The first-order valence-electron chi connectivity index (χ1n) is 6.35. The van der Waals surface area contributed by atoms with Crippen molar-refractivity contribution >= 4 is 28.8 Å². The highest BCUT2D eigenvalue weighted by Gasteiger charge is 2.18. The van der Waals surface area contributed by atoms with Crippen LogP contribution in [0.4, 0.5) is 0 Å². The first kappa shape index (κ1) is 13.2. The van der Waals surface area contributed by atoms with E-state index >= 15 is 0 Å². The summed E-state index contributed by atoms with van der Waals surface area (Å²) >= 11 is 12.1. The second-order valence-electron chi connectivity index (χ2n) is 4.98. The molecule has 19 heavy (non-hydrogen) atoms. The van der Waals surface area contributed by atoms with Crippen LogP contribution in [0.15, 0.2) is 18.5 Å². The molecule has 6 heteroatoms. The van der Waals surface area contributed by atoms with Crippen LogP contribution >= 0.6 is 23.2 Å². The molecule has 1 aliphatic heterocycles.